The third-order valence-electron chi connectivity index (χ3n) is 2.75. The van der Waals surface area contributed by atoms with Crippen LogP contribution >= 0.6 is 0 Å². The van der Waals surface area contributed by atoms with Crippen LogP contribution in [-0.2, 0) is 20.9 Å². The van der Waals surface area contributed by atoms with Crippen LogP contribution in [0, 0.1) is 0 Å². The van der Waals surface area contributed by atoms with Gasteiger partial charge >= 0.3 is 12.1 Å². The van der Waals surface area contributed by atoms with E-state index in [0.29, 0.717) is 19.6 Å². The van der Waals surface area contributed by atoms with Crippen LogP contribution in [0.1, 0.15) is 12.0 Å². The van der Waals surface area contributed by atoms with E-state index in [9.17, 15) is 9.59 Å². The molecule has 6 nitrogen and oxygen atoms in total. The van der Waals surface area contributed by atoms with Gasteiger partial charge in [-0.2, -0.15) is 0 Å². The largest absolute Gasteiger partial charge is 0.478 e. The highest BCUT2D eigenvalue weighted by Gasteiger charge is 2.34. The summed E-state index contributed by atoms with van der Waals surface area (Å²) < 4.78 is 10.1. The highest BCUT2D eigenvalue weighted by Crippen LogP contribution is 2.13. The maximum Gasteiger partial charge on any atom is 0.412 e. The average molecular weight is 265 g/mol. The van der Waals surface area contributed by atoms with E-state index < -0.39 is 18.3 Å². The van der Waals surface area contributed by atoms with E-state index in [1.54, 1.807) is 0 Å². The molecule has 0 spiro atoms. The maximum absolute atomic E-state index is 11.8. The second-order valence-corrected chi connectivity index (χ2v) is 4.15. The molecule has 19 heavy (non-hydrogen) atoms. The Morgan fingerprint density at radius 2 is 2.11 bits per heavy atom. The number of hydrogen-bond donors (Lipinski definition) is 1. The fourth-order valence-corrected chi connectivity index (χ4v) is 1.83. The van der Waals surface area contributed by atoms with Crippen molar-refractivity contribution in [3.8, 4) is 0 Å². The fraction of sp³-hybridized carbons (Fsp3) is 0.385. The summed E-state index contributed by atoms with van der Waals surface area (Å²) in [6.45, 7) is 0.770. The van der Waals surface area contributed by atoms with E-state index in [2.05, 4.69) is 0 Å². The average Bonchev–Trinajstić information content (AvgIpc) is 2.46. The molecule has 1 heterocycles. The van der Waals surface area contributed by atoms with Gasteiger partial charge in [0.25, 0.3) is 0 Å². The molecule has 1 aliphatic rings. The van der Waals surface area contributed by atoms with Crippen molar-refractivity contribution in [3.05, 3.63) is 35.9 Å². The number of carbonyl (C=O) groups excluding carboxylic acids is 1. The Bertz CT molecular complexity index is 448. The first-order chi connectivity index (χ1) is 9.18. The van der Waals surface area contributed by atoms with Crippen LogP contribution in [0.5, 0.6) is 0 Å². The quantitative estimate of drug-likeness (QED) is 0.895. The van der Waals surface area contributed by atoms with Gasteiger partial charge in [-0.05, 0) is 12.0 Å². The monoisotopic (exact) mass is 265 g/mol. The summed E-state index contributed by atoms with van der Waals surface area (Å²) in [4.78, 5) is 23.9. The van der Waals surface area contributed by atoms with Crippen molar-refractivity contribution < 1.29 is 24.2 Å². The van der Waals surface area contributed by atoms with Gasteiger partial charge in [-0.15, -0.1) is 0 Å². The Balaban J connectivity index is 1.93. The highest BCUT2D eigenvalue weighted by molar-refractivity contribution is 5.78. The molecule has 102 valence electrons. The molecule has 0 saturated carbocycles. The lowest BCUT2D eigenvalue weighted by molar-refractivity contribution is -0.168. The third kappa shape index (κ3) is 3.45. The molecule has 1 atom stereocenters. The van der Waals surface area contributed by atoms with Gasteiger partial charge in [0.05, 0.1) is 6.61 Å². The number of aliphatic carboxylic acids is 1. The Hall–Kier alpha value is -2.08. The van der Waals surface area contributed by atoms with E-state index in [4.69, 9.17) is 14.6 Å². The Morgan fingerprint density at radius 1 is 1.37 bits per heavy atom. The summed E-state index contributed by atoms with van der Waals surface area (Å²) in [7, 11) is 0. The lowest BCUT2D eigenvalue weighted by atomic mass is 10.2. The number of benzene rings is 1. The van der Waals surface area contributed by atoms with Gasteiger partial charge in [-0.3, -0.25) is 4.90 Å². The van der Waals surface area contributed by atoms with E-state index in [1.165, 1.54) is 0 Å². The van der Waals surface area contributed by atoms with Crippen molar-refractivity contribution in [2.24, 2.45) is 0 Å². The minimum Gasteiger partial charge on any atom is -0.478 e. The maximum atomic E-state index is 11.8. The Kier molecular flexibility index (Phi) is 4.35. The summed E-state index contributed by atoms with van der Waals surface area (Å²) in [6.07, 6.45) is -1.32. The second kappa shape index (κ2) is 6.19. The smallest absolute Gasteiger partial charge is 0.412 e. The van der Waals surface area contributed by atoms with E-state index in [1.807, 2.05) is 30.3 Å². The molecule has 0 radical (unpaired) electrons. The zero-order valence-electron chi connectivity index (χ0n) is 10.3. The fourth-order valence-electron chi connectivity index (χ4n) is 1.83. The molecule has 1 unspecified atom stereocenters. The van der Waals surface area contributed by atoms with E-state index >= 15 is 0 Å². The molecule has 2 rings (SSSR count). The van der Waals surface area contributed by atoms with Crippen molar-refractivity contribution in [1.82, 2.24) is 4.90 Å². The van der Waals surface area contributed by atoms with Crippen LogP contribution in [0.2, 0.25) is 0 Å². The van der Waals surface area contributed by atoms with Crippen LogP contribution in [-0.4, -0.2) is 41.4 Å². The number of nitrogens with zero attached hydrogens (tertiary/aromatic N) is 1. The van der Waals surface area contributed by atoms with Gasteiger partial charge in [0.1, 0.15) is 6.61 Å². The lowest BCUT2D eigenvalue weighted by Crippen LogP contribution is -2.50. The predicted octanol–water partition coefficient (Wildman–Crippen LogP) is 1.46. The third-order valence-corrected chi connectivity index (χ3v) is 2.75. The first kappa shape index (κ1) is 13.4. The van der Waals surface area contributed by atoms with Gasteiger partial charge in [0, 0.05) is 6.54 Å². The SMILES string of the molecule is O=C(O)C1OCCCN1C(=O)OCc1ccccc1. The number of carboxylic acid groups (broad SMARTS) is 1. The standard InChI is InChI=1S/C13H15NO5/c15-12(16)11-14(7-4-8-18-11)13(17)19-9-10-5-2-1-3-6-10/h1-3,5-6,11H,4,7-9H2,(H,15,16). The molecule has 0 bridgehead atoms. The van der Waals surface area contributed by atoms with Gasteiger partial charge < -0.3 is 14.6 Å². The van der Waals surface area contributed by atoms with Crippen molar-refractivity contribution >= 4 is 12.1 Å². The topological polar surface area (TPSA) is 76.1 Å². The van der Waals surface area contributed by atoms with Crippen molar-refractivity contribution in [2.75, 3.05) is 13.2 Å². The molecule has 6 heteroatoms. The summed E-state index contributed by atoms with van der Waals surface area (Å²) in [5, 5.41) is 8.97. The molecule has 1 aromatic rings. The number of ether oxygens (including phenoxy) is 2. The van der Waals surface area contributed by atoms with Gasteiger partial charge in [0.2, 0.25) is 6.23 Å². The van der Waals surface area contributed by atoms with Crippen molar-refractivity contribution in [3.63, 3.8) is 0 Å². The molecule has 1 N–H and O–H groups in total. The lowest BCUT2D eigenvalue weighted by Gasteiger charge is -2.31. The molecular weight excluding hydrogens is 250 g/mol. The van der Waals surface area contributed by atoms with Crippen molar-refractivity contribution in [2.45, 2.75) is 19.3 Å². The number of hydrogen-bond acceptors (Lipinski definition) is 4. The predicted molar refractivity (Wildman–Crippen MR) is 65.3 cm³/mol. The van der Waals surface area contributed by atoms with Crippen LogP contribution in [0.3, 0.4) is 0 Å². The van der Waals surface area contributed by atoms with Crippen LogP contribution in [0.4, 0.5) is 4.79 Å². The summed E-state index contributed by atoms with van der Waals surface area (Å²) in [5.41, 5.74) is 0.848. The minimum atomic E-state index is -1.25. The zero-order chi connectivity index (χ0) is 13.7. The Labute approximate surface area is 110 Å². The van der Waals surface area contributed by atoms with Gasteiger partial charge in [-0.1, -0.05) is 30.3 Å². The second-order valence-electron chi connectivity index (χ2n) is 4.15. The first-order valence-electron chi connectivity index (χ1n) is 6.00. The van der Waals surface area contributed by atoms with E-state index in [-0.39, 0.29) is 6.61 Å². The van der Waals surface area contributed by atoms with Crippen molar-refractivity contribution in [1.29, 1.82) is 0 Å². The summed E-state index contributed by atoms with van der Waals surface area (Å²) in [6, 6.07) is 9.20. The minimum absolute atomic E-state index is 0.114. The van der Waals surface area contributed by atoms with E-state index in [0.717, 1.165) is 10.5 Å². The number of rotatable bonds is 3. The summed E-state index contributed by atoms with van der Waals surface area (Å²) in [5.74, 6) is -1.18. The zero-order valence-corrected chi connectivity index (χ0v) is 10.3. The van der Waals surface area contributed by atoms with Crippen LogP contribution in [0.25, 0.3) is 0 Å². The normalized spacial score (nSPS) is 18.9. The molecule has 1 amide bonds. The number of carboxylic acids is 1. The summed E-state index contributed by atoms with van der Waals surface area (Å²) >= 11 is 0. The van der Waals surface area contributed by atoms with Crippen LogP contribution in [0.15, 0.2) is 30.3 Å². The van der Waals surface area contributed by atoms with Gasteiger partial charge in [0.15, 0.2) is 0 Å². The molecule has 1 aliphatic heterocycles. The number of amides is 1. The first-order valence-corrected chi connectivity index (χ1v) is 6.00. The molecule has 1 aromatic carbocycles. The molecular formula is C13H15NO5. The molecule has 0 aromatic heterocycles. The Morgan fingerprint density at radius 3 is 2.79 bits per heavy atom. The molecule has 0 aliphatic carbocycles. The molecule has 1 fully saturated rings. The highest BCUT2D eigenvalue weighted by atomic mass is 16.6. The van der Waals surface area contributed by atoms with Crippen LogP contribution < -0.4 is 0 Å². The number of carbonyl (C=O) groups is 2. The molecule has 1 saturated heterocycles. The van der Waals surface area contributed by atoms with Gasteiger partial charge in [-0.25, -0.2) is 9.59 Å².